The molecule has 7 nitrogen and oxygen atoms in total. The van der Waals surface area contributed by atoms with Crippen LogP contribution in [0.1, 0.15) is 23.6 Å². The molecule has 1 aliphatic rings. The topological polar surface area (TPSA) is 64.6 Å². The molecule has 0 N–H and O–H groups in total. The van der Waals surface area contributed by atoms with Gasteiger partial charge in [-0.25, -0.2) is 0 Å². The van der Waals surface area contributed by atoms with Gasteiger partial charge < -0.3 is 33.2 Å². The van der Waals surface area contributed by atoms with E-state index in [0.717, 1.165) is 16.7 Å². The Hall–Kier alpha value is -2.62. The standard InChI is InChI=1S/C31H38O7/c1-3-33-23-34-22-27-28(35-19-24-13-7-4-8-14-24)29(36-20-25-15-9-5-10-16-25)30(31(32-2)38-27)37-21-26-17-11-6-12-18-26/h4-18,27-31H,3,19-23H2,1-2H3/t27-,28-,29+,30-,31+/m1/s1. The van der Waals surface area contributed by atoms with Gasteiger partial charge in [-0.3, -0.25) is 0 Å². The second-order valence-electron chi connectivity index (χ2n) is 9.04. The molecule has 0 aliphatic carbocycles. The van der Waals surface area contributed by atoms with Crippen molar-refractivity contribution in [3.05, 3.63) is 108 Å². The van der Waals surface area contributed by atoms with Crippen molar-refractivity contribution in [3.8, 4) is 0 Å². The first-order valence-electron chi connectivity index (χ1n) is 13.1. The van der Waals surface area contributed by atoms with Gasteiger partial charge in [0.15, 0.2) is 6.29 Å². The minimum absolute atomic E-state index is 0.170. The zero-order valence-electron chi connectivity index (χ0n) is 22.1. The van der Waals surface area contributed by atoms with E-state index in [1.807, 2.05) is 97.9 Å². The Bertz CT molecular complexity index is 1020. The lowest BCUT2D eigenvalue weighted by Crippen LogP contribution is -2.61. The van der Waals surface area contributed by atoms with Gasteiger partial charge in [0, 0.05) is 13.7 Å². The van der Waals surface area contributed by atoms with Crippen LogP contribution >= 0.6 is 0 Å². The van der Waals surface area contributed by atoms with Crippen LogP contribution < -0.4 is 0 Å². The lowest BCUT2D eigenvalue weighted by atomic mass is 9.98. The van der Waals surface area contributed by atoms with Gasteiger partial charge in [-0.2, -0.15) is 0 Å². The van der Waals surface area contributed by atoms with E-state index in [0.29, 0.717) is 26.4 Å². The third kappa shape index (κ3) is 8.44. The van der Waals surface area contributed by atoms with Crippen molar-refractivity contribution in [2.24, 2.45) is 0 Å². The monoisotopic (exact) mass is 522 g/mol. The number of benzene rings is 3. The summed E-state index contributed by atoms with van der Waals surface area (Å²) in [5, 5.41) is 0. The molecule has 0 spiro atoms. The van der Waals surface area contributed by atoms with Crippen molar-refractivity contribution < 1.29 is 33.2 Å². The van der Waals surface area contributed by atoms with Crippen molar-refractivity contribution >= 4 is 0 Å². The Morgan fingerprint density at radius 1 is 0.605 bits per heavy atom. The highest BCUT2D eigenvalue weighted by molar-refractivity contribution is 5.15. The average molecular weight is 523 g/mol. The summed E-state index contributed by atoms with van der Waals surface area (Å²) in [5.74, 6) is 0. The second-order valence-corrected chi connectivity index (χ2v) is 9.04. The third-order valence-corrected chi connectivity index (χ3v) is 6.33. The molecule has 5 atom stereocenters. The number of methoxy groups -OCH3 is 1. The Kier molecular flexibility index (Phi) is 11.7. The van der Waals surface area contributed by atoms with Gasteiger partial charge in [0.1, 0.15) is 31.2 Å². The Balaban J connectivity index is 1.57. The van der Waals surface area contributed by atoms with E-state index >= 15 is 0 Å². The van der Waals surface area contributed by atoms with Crippen molar-refractivity contribution in [1.82, 2.24) is 0 Å². The first-order chi connectivity index (χ1) is 18.8. The molecule has 7 heteroatoms. The van der Waals surface area contributed by atoms with Crippen LogP contribution in [0.2, 0.25) is 0 Å². The van der Waals surface area contributed by atoms with E-state index in [1.165, 1.54) is 0 Å². The molecule has 3 aromatic carbocycles. The highest BCUT2D eigenvalue weighted by Gasteiger charge is 2.48. The van der Waals surface area contributed by atoms with Crippen LogP contribution in [0.25, 0.3) is 0 Å². The molecule has 0 bridgehead atoms. The molecule has 0 amide bonds. The minimum atomic E-state index is -0.670. The molecule has 204 valence electrons. The van der Waals surface area contributed by atoms with E-state index in [4.69, 9.17) is 33.2 Å². The van der Waals surface area contributed by atoms with Gasteiger partial charge in [-0.1, -0.05) is 91.0 Å². The Morgan fingerprint density at radius 2 is 1.08 bits per heavy atom. The second kappa shape index (κ2) is 15.7. The van der Waals surface area contributed by atoms with Crippen molar-refractivity contribution in [1.29, 1.82) is 0 Å². The van der Waals surface area contributed by atoms with Gasteiger partial charge in [-0.15, -0.1) is 0 Å². The van der Waals surface area contributed by atoms with Crippen LogP contribution in [0.15, 0.2) is 91.0 Å². The lowest BCUT2D eigenvalue weighted by Gasteiger charge is -2.45. The molecule has 1 saturated heterocycles. The van der Waals surface area contributed by atoms with Crippen molar-refractivity contribution in [3.63, 3.8) is 0 Å². The van der Waals surface area contributed by atoms with E-state index in [9.17, 15) is 0 Å². The van der Waals surface area contributed by atoms with Crippen LogP contribution in [-0.2, 0) is 53.0 Å². The number of hydrogen-bond donors (Lipinski definition) is 0. The maximum atomic E-state index is 6.56. The predicted octanol–water partition coefficient (Wildman–Crippen LogP) is 5.12. The van der Waals surface area contributed by atoms with Crippen molar-refractivity contribution in [2.45, 2.75) is 57.5 Å². The smallest absolute Gasteiger partial charge is 0.186 e. The van der Waals surface area contributed by atoms with Crippen LogP contribution in [0.4, 0.5) is 0 Å². The first-order valence-corrected chi connectivity index (χ1v) is 13.1. The molecule has 0 radical (unpaired) electrons. The van der Waals surface area contributed by atoms with Gasteiger partial charge in [-0.05, 0) is 23.6 Å². The van der Waals surface area contributed by atoms with Crippen LogP contribution in [0, 0.1) is 0 Å². The fourth-order valence-electron chi connectivity index (χ4n) is 4.38. The lowest BCUT2D eigenvalue weighted by molar-refractivity contribution is -0.324. The zero-order chi connectivity index (χ0) is 26.4. The molecule has 1 fully saturated rings. The summed E-state index contributed by atoms with van der Waals surface area (Å²) in [5.41, 5.74) is 3.16. The Morgan fingerprint density at radius 3 is 1.55 bits per heavy atom. The summed E-state index contributed by atoms with van der Waals surface area (Å²) in [4.78, 5) is 0. The SMILES string of the molecule is CCOCOC[C@H]1O[C@H](OC)[C@H](OCc2ccccc2)[C@@H](OCc2ccccc2)[C@@H]1OCc1ccccc1. The highest BCUT2D eigenvalue weighted by atomic mass is 16.7. The van der Waals surface area contributed by atoms with Crippen LogP contribution in [-0.4, -0.2) is 57.8 Å². The number of ether oxygens (including phenoxy) is 7. The molecular weight excluding hydrogens is 484 g/mol. The van der Waals surface area contributed by atoms with Crippen molar-refractivity contribution in [2.75, 3.05) is 27.1 Å². The highest BCUT2D eigenvalue weighted by Crippen LogP contribution is 2.31. The van der Waals surface area contributed by atoms with Crippen LogP contribution in [0.5, 0.6) is 0 Å². The molecule has 38 heavy (non-hydrogen) atoms. The normalized spacial score (nSPS) is 23.4. The minimum Gasteiger partial charge on any atom is -0.368 e. The molecule has 4 rings (SSSR count). The molecule has 0 aromatic heterocycles. The third-order valence-electron chi connectivity index (χ3n) is 6.33. The molecule has 0 saturated carbocycles. The fraction of sp³-hybridized carbons (Fsp3) is 0.419. The van der Waals surface area contributed by atoms with E-state index in [-0.39, 0.29) is 13.4 Å². The molecule has 1 aliphatic heterocycles. The Labute approximate surface area is 225 Å². The largest absolute Gasteiger partial charge is 0.368 e. The quantitative estimate of drug-likeness (QED) is 0.203. The van der Waals surface area contributed by atoms with Gasteiger partial charge in [0.25, 0.3) is 0 Å². The van der Waals surface area contributed by atoms with E-state index in [1.54, 1.807) is 7.11 Å². The average Bonchev–Trinajstić information content (AvgIpc) is 2.98. The number of hydrogen-bond acceptors (Lipinski definition) is 7. The van der Waals surface area contributed by atoms with E-state index in [2.05, 4.69) is 0 Å². The first kappa shape index (κ1) is 28.4. The molecule has 0 unspecified atom stereocenters. The maximum Gasteiger partial charge on any atom is 0.186 e. The predicted molar refractivity (Wildman–Crippen MR) is 143 cm³/mol. The van der Waals surface area contributed by atoms with Gasteiger partial charge in [0.2, 0.25) is 0 Å². The zero-order valence-corrected chi connectivity index (χ0v) is 22.1. The summed E-state index contributed by atoms with van der Waals surface area (Å²) < 4.78 is 42.8. The summed E-state index contributed by atoms with van der Waals surface area (Å²) >= 11 is 0. The van der Waals surface area contributed by atoms with Gasteiger partial charge >= 0.3 is 0 Å². The summed E-state index contributed by atoms with van der Waals surface area (Å²) in [6.45, 7) is 4.10. The van der Waals surface area contributed by atoms with E-state index < -0.39 is 30.7 Å². The molecular formula is C31H38O7. The fourth-order valence-corrected chi connectivity index (χ4v) is 4.38. The molecule has 1 heterocycles. The summed E-state index contributed by atoms with van der Waals surface area (Å²) in [7, 11) is 1.61. The molecule has 3 aromatic rings. The number of rotatable bonds is 15. The van der Waals surface area contributed by atoms with Gasteiger partial charge in [0.05, 0.1) is 26.4 Å². The maximum absolute atomic E-state index is 6.56. The summed E-state index contributed by atoms with van der Waals surface area (Å²) in [6.07, 6.45) is -2.62. The van der Waals surface area contributed by atoms with Crippen LogP contribution in [0.3, 0.4) is 0 Å². The summed E-state index contributed by atoms with van der Waals surface area (Å²) in [6, 6.07) is 30.1.